The first-order chi connectivity index (χ1) is 15.4. The van der Waals surface area contributed by atoms with Gasteiger partial charge in [-0.1, -0.05) is 12.1 Å². The van der Waals surface area contributed by atoms with Crippen LogP contribution in [0.15, 0.2) is 53.3 Å². The Kier molecular flexibility index (Phi) is 4.31. The van der Waals surface area contributed by atoms with Gasteiger partial charge in [-0.15, -0.1) is 0 Å². The van der Waals surface area contributed by atoms with E-state index in [2.05, 4.69) is 38.0 Å². The molecular formula is C24H24BrN5O2. The molecule has 164 valence electrons. The number of aliphatic hydroxyl groups is 2. The maximum Gasteiger partial charge on any atom is 0.142 e. The van der Waals surface area contributed by atoms with Crippen LogP contribution in [-0.2, 0) is 12.0 Å². The molecule has 2 saturated carbocycles. The Morgan fingerprint density at radius 2 is 2.00 bits per heavy atom. The molecule has 3 heterocycles. The predicted octanol–water partition coefficient (Wildman–Crippen LogP) is 3.21. The molecule has 6 rings (SSSR count). The van der Waals surface area contributed by atoms with Crippen molar-refractivity contribution in [2.24, 2.45) is 11.8 Å². The second-order valence-electron chi connectivity index (χ2n) is 9.15. The number of nitrogen functional groups attached to an aromatic ring is 2. The van der Waals surface area contributed by atoms with Crippen LogP contribution in [0.4, 0.5) is 11.5 Å². The van der Waals surface area contributed by atoms with E-state index in [0.29, 0.717) is 11.5 Å². The van der Waals surface area contributed by atoms with E-state index in [1.165, 1.54) is 0 Å². The highest BCUT2D eigenvalue weighted by Crippen LogP contribution is 2.65. The van der Waals surface area contributed by atoms with Crippen molar-refractivity contribution in [1.29, 1.82) is 0 Å². The number of rotatable bonds is 4. The quantitative estimate of drug-likeness (QED) is 0.346. The minimum Gasteiger partial charge on any atom is -0.398 e. The minimum absolute atomic E-state index is 0.0159. The average molecular weight is 494 g/mol. The number of nitrogens with two attached hydrogens (primary N) is 2. The number of benzene rings is 1. The molecule has 5 atom stereocenters. The molecule has 2 fully saturated rings. The van der Waals surface area contributed by atoms with Crippen molar-refractivity contribution >= 4 is 49.4 Å². The lowest BCUT2D eigenvalue weighted by Crippen LogP contribution is -2.38. The van der Waals surface area contributed by atoms with Crippen LogP contribution in [0.2, 0.25) is 0 Å². The number of aliphatic hydroxyl groups excluding tert-OH is 2. The van der Waals surface area contributed by atoms with Gasteiger partial charge in [0, 0.05) is 28.9 Å². The van der Waals surface area contributed by atoms with Gasteiger partial charge in [-0.05, 0) is 76.9 Å². The van der Waals surface area contributed by atoms with Crippen LogP contribution in [0.1, 0.15) is 18.4 Å². The van der Waals surface area contributed by atoms with E-state index in [-0.39, 0.29) is 11.8 Å². The van der Waals surface area contributed by atoms with Gasteiger partial charge in [0.15, 0.2) is 0 Å². The fourth-order valence-electron chi connectivity index (χ4n) is 5.80. The van der Waals surface area contributed by atoms with Gasteiger partial charge in [0.25, 0.3) is 0 Å². The minimum atomic E-state index is -0.827. The summed E-state index contributed by atoms with van der Waals surface area (Å²) in [5.41, 5.74) is 15.0. The molecule has 2 aliphatic rings. The lowest BCUT2D eigenvalue weighted by molar-refractivity contribution is -0.0184. The number of nitrogens with zero attached hydrogens (tertiary/aromatic N) is 3. The van der Waals surface area contributed by atoms with Crippen molar-refractivity contribution in [2.45, 2.75) is 37.0 Å². The normalized spacial score (nSPS) is 29.0. The first kappa shape index (κ1) is 20.0. The lowest BCUT2D eigenvalue weighted by atomic mass is 9.92. The monoisotopic (exact) mass is 493 g/mol. The Labute approximate surface area is 193 Å². The molecule has 0 bridgehead atoms. The highest BCUT2D eigenvalue weighted by molar-refractivity contribution is 9.10. The molecule has 0 aliphatic heterocycles. The van der Waals surface area contributed by atoms with Crippen LogP contribution in [0.25, 0.3) is 21.9 Å². The fourth-order valence-corrected chi connectivity index (χ4v) is 6.14. The molecule has 32 heavy (non-hydrogen) atoms. The number of hydrogen-bond donors (Lipinski definition) is 4. The van der Waals surface area contributed by atoms with Gasteiger partial charge in [-0.25, -0.2) is 9.97 Å². The average Bonchev–Trinajstić information content (AvgIpc) is 3.28. The van der Waals surface area contributed by atoms with E-state index in [4.69, 9.17) is 11.5 Å². The third-order valence-corrected chi connectivity index (χ3v) is 8.15. The Morgan fingerprint density at radius 3 is 2.84 bits per heavy atom. The SMILES string of the molecule is Nc1nc2cc(CC[C@@H]3[C@@H](O)[C@@H](O)[C@]4(n5ccc6c(N)ccnc65)C[C@@H]34)ccc2cc1Br. The van der Waals surface area contributed by atoms with E-state index in [1.807, 2.05) is 29.0 Å². The first-order valence-corrected chi connectivity index (χ1v) is 11.6. The summed E-state index contributed by atoms with van der Waals surface area (Å²) >= 11 is 3.42. The van der Waals surface area contributed by atoms with E-state index in [1.54, 1.807) is 12.3 Å². The molecule has 0 unspecified atom stereocenters. The largest absolute Gasteiger partial charge is 0.398 e. The summed E-state index contributed by atoms with van der Waals surface area (Å²) in [6.07, 6.45) is 4.47. The predicted molar refractivity (Wildman–Crippen MR) is 128 cm³/mol. The molecule has 6 N–H and O–H groups in total. The van der Waals surface area contributed by atoms with Crippen molar-refractivity contribution < 1.29 is 10.2 Å². The zero-order chi connectivity index (χ0) is 22.2. The van der Waals surface area contributed by atoms with Crippen molar-refractivity contribution in [3.05, 3.63) is 58.8 Å². The first-order valence-electron chi connectivity index (χ1n) is 10.8. The molecular weight excluding hydrogens is 470 g/mol. The smallest absolute Gasteiger partial charge is 0.142 e. The Morgan fingerprint density at radius 1 is 1.16 bits per heavy atom. The van der Waals surface area contributed by atoms with Crippen LogP contribution in [0, 0.1) is 11.8 Å². The summed E-state index contributed by atoms with van der Waals surface area (Å²) < 4.78 is 2.83. The molecule has 0 radical (unpaired) electrons. The molecule has 4 aromatic rings. The fraction of sp³-hybridized carbons (Fsp3) is 0.333. The third kappa shape index (κ3) is 2.73. The van der Waals surface area contributed by atoms with Gasteiger partial charge in [0.05, 0.1) is 21.6 Å². The van der Waals surface area contributed by atoms with Crippen molar-refractivity contribution in [3.8, 4) is 0 Å². The molecule has 7 nitrogen and oxygen atoms in total. The Bertz CT molecular complexity index is 1370. The number of fused-ring (bicyclic) bond motifs is 3. The van der Waals surface area contributed by atoms with E-state index in [9.17, 15) is 10.2 Å². The van der Waals surface area contributed by atoms with Gasteiger partial charge in [0.2, 0.25) is 0 Å². The Hall–Kier alpha value is -2.68. The Balaban J connectivity index is 1.26. The number of halogens is 1. The van der Waals surface area contributed by atoms with Gasteiger partial charge < -0.3 is 26.2 Å². The van der Waals surface area contributed by atoms with Crippen LogP contribution in [0.3, 0.4) is 0 Å². The molecule has 0 saturated heterocycles. The number of anilines is 2. The maximum absolute atomic E-state index is 11.1. The summed E-state index contributed by atoms with van der Waals surface area (Å²) in [5.74, 6) is 0.693. The number of aryl methyl sites for hydroxylation is 1. The molecule has 3 aromatic heterocycles. The molecule has 2 aliphatic carbocycles. The van der Waals surface area contributed by atoms with Gasteiger partial charge in [-0.3, -0.25) is 0 Å². The second kappa shape index (κ2) is 6.91. The maximum atomic E-state index is 11.1. The highest BCUT2D eigenvalue weighted by atomic mass is 79.9. The van der Waals surface area contributed by atoms with Crippen molar-refractivity contribution in [2.75, 3.05) is 11.5 Å². The summed E-state index contributed by atoms with van der Waals surface area (Å²) in [7, 11) is 0. The standard InChI is InChI=1S/C24H24BrN5O2/c25-17-10-13-3-1-12(9-19(13)29-22(17)27)2-4-14-16-11-24(16,21(32)20(14)31)30-8-6-15-18(26)5-7-28-23(15)30/h1,3,5-10,14,16,20-21,31-32H,2,4,11H2,(H2,26,28)(H2,27,29)/t14-,16-,20+,21+,24-/m0/s1. The second-order valence-corrected chi connectivity index (χ2v) is 10.00. The van der Waals surface area contributed by atoms with Gasteiger partial charge in [-0.2, -0.15) is 0 Å². The topological polar surface area (TPSA) is 123 Å². The summed E-state index contributed by atoms with van der Waals surface area (Å²) in [6.45, 7) is 0. The van der Waals surface area contributed by atoms with Crippen LogP contribution in [-0.4, -0.2) is 37.0 Å². The number of aromatic nitrogens is 3. The van der Waals surface area contributed by atoms with Crippen molar-refractivity contribution in [1.82, 2.24) is 14.5 Å². The number of hydrogen-bond acceptors (Lipinski definition) is 6. The summed E-state index contributed by atoms with van der Waals surface area (Å²) in [6, 6.07) is 11.9. The van der Waals surface area contributed by atoms with E-state index in [0.717, 1.165) is 51.2 Å². The van der Waals surface area contributed by atoms with Crippen LogP contribution >= 0.6 is 15.9 Å². The molecule has 1 aromatic carbocycles. The van der Waals surface area contributed by atoms with Gasteiger partial charge in [0.1, 0.15) is 17.6 Å². The zero-order valence-electron chi connectivity index (χ0n) is 17.3. The molecule has 0 spiro atoms. The van der Waals surface area contributed by atoms with Crippen LogP contribution in [0.5, 0.6) is 0 Å². The summed E-state index contributed by atoms with van der Waals surface area (Å²) in [5, 5.41) is 23.9. The third-order valence-electron chi connectivity index (χ3n) is 7.52. The van der Waals surface area contributed by atoms with E-state index < -0.39 is 17.7 Å². The van der Waals surface area contributed by atoms with Crippen LogP contribution < -0.4 is 11.5 Å². The van der Waals surface area contributed by atoms with Gasteiger partial charge >= 0.3 is 0 Å². The highest BCUT2D eigenvalue weighted by Gasteiger charge is 2.71. The molecule has 8 heteroatoms. The van der Waals surface area contributed by atoms with E-state index >= 15 is 0 Å². The molecule has 0 amide bonds. The summed E-state index contributed by atoms with van der Waals surface area (Å²) in [4.78, 5) is 8.98. The van der Waals surface area contributed by atoms with Crippen molar-refractivity contribution in [3.63, 3.8) is 0 Å². The lowest BCUT2D eigenvalue weighted by Gasteiger charge is -2.25. The number of pyridine rings is 2. The zero-order valence-corrected chi connectivity index (χ0v) is 18.9.